The monoisotopic (exact) mass is 364 g/mol. The molecule has 5 nitrogen and oxygen atoms in total. The number of hydrogen-bond donors (Lipinski definition) is 0. The first-order valence-corrected chi connectivity index (χ1v) is 9.55. The van der Waals surface area contributed by atoms with Gasteiger partial charge >= 0.3 is 0 Å². The van der Waals surface area contributed by atoms with Gasteiger partial charge in [0.25, 0.3) is 5.91 Å². The molecule has 1 aliphatic heterocycles. The minimum Gasteiger partial charge on any atom is -0.454 e. The van der Waals surface area contributed by atoms with Crippen LogP contribution in [0.3, 0.4) is 0 Å². The summed E-state index contributed by atoms with van der Waals surface area (Å²) in [5, 5.41) is 0. The number of hydrogen-bond acceptors (Lipinski definition) is 4. The van der Waals surface area contributed by atoms with Gasteiger partial charge in [0.1, 0.15) is 5.82 Å². The molecule has 27 heavy (non-hydrogen) atoms. The third-order valence-corrected chi connectivity index (χ3v) is 5.17. The summed E-state index contributed by atoms with van der Waals surface area (Å²) in [6.45, 7) is 2.11. The number of pyridine rings is 1. The number of amides is 1. The number of anilines is 1. The van der Waals surface area contributed by atoms with Crippen LogP contribution >= 0.6 is 0 Å². The average molecular weight is 364 g/mol. The summed E-state index contributed by atoms with van der Waals surface area (Å²) < 4.78 is 10.8. The fourth-order valence-electron chi connectivity index (χ4n) is 3.80. The molecule has 0 bridgehead atoms. The molecule has 1 amide bonds. The molecule has 1 fully saturated rings. The number of carbonyl (C=O) groups excluding carboxylic acids is 1. The molecule has 0 spiro atoms. The second-order valence-electron chi connectivity index (χ2n) is 7.09. The second-order valence-corrected chi connectivity index (χ2v) is 7.09. The van der Waals surface area contributed by atoms with E-state index in [0.717, 1.165) is 48.6 Å². The Balaban J connectivity index is 1.62. The van der Waals surface area contributed by atoms with Crippen molar-refractivity contribution in [1.29, 1.82) is 0 Å². The summed E-state index contributed by atoms with van der Waals surface area (Å²) in [5.74, 6) is 2.21. The Morgan fingerprint density at radius 2 is 1.93 bits per heavy atom. The zero-order chi connectivity index (χ0) is 18.6. The molecule has 1 saturated carbocycles. The number of nitrogens with zero attached hydrogens (tertiary/aromatic N) is 2. The molecule has 140 valence electrons. The highest BCUT2D eigenvalue weighted by molar-refractivity contribution is 6.07. The van der Waals surface area contributed by atoms with Crippen molar-refractivity contribution in [2.75, 3.05) is 11.7 Å². The van der Waals surface area contributed by atoms with Gasteiger partial charge in [0.2, 0.25) is 6.79 Å². The molecule has 1 aromatic heterocycles. The van der Waals surface area contributed by atoms with Crippen LogP contribution in [0.2, 0.25) is 0 Å². The van der Waals surface area contributed by atoms with Crippen molar-refractivity contribution in [1.82, 2.24) is 4.98 Å². The van der Waals surface area contributed by atoms with Gasteiger partial charge in [-0.25, -0.2) is 4.98 Å². The van der Waals surface area contributed by atoms with Crippen molar-refractivity contribution in [2.45, 2.75) is 45.1 Å². The van der Waals surface area contributed by atoms with E-state index in [9.17, 15) is 4.79 Å². The van der Waals surface area contributed by atoms with Gasteiger partial charge in [0.15, 0.2) is 11.5 Å². The van der Waals surface area contributed by atoms with Crippen LogP contribution in [0.4, 0.5) is 5.82 Å². The number of aromatic nitrogens is 1. The smallest absolute Gasteiger partial charge is 0.255 e. The van der Waals surface area contributed by atoms with Gasteiger partial charge in [-0.15, -0.1) is 0 Å². The van der Waals surface area contributed by atoms with E-state index in [0.29, 0.717) is 5.57 Å². The summed E-state index contributed by atoms with van der Waals surface area (Å²) in [6, 6.07) is 11.7. The van der Waals surface area contributed by atoms with E-state index in [-0.39, 0.29) is 18.7 Å². The Labute approximate surface area is 159 Å². The predicted molar refractivity (Wildman–Crippen MR) is 105 cm³/mol. The van der Waals surface area contributed by atoms with Crippen molar-refractivity contribution in [3.05, 3.63) is 53.7 Å². The van der Waals surface area contributed by atoms with Crippen LogP contribution in [-0.2, 0) is 4.79 Å². The first-order valence-electron chi connectivity index (χ1n) is 9.55. The summed E-state index contributed by atoms with van der Waals surface area (Å²) in [6.07, 6.45) is 9.27. The summed E-state index contributed by atoms with van der Waals surface area (Å²) in [4.78, 5) is 19.7. The van der Waals surface area contributed by atoms with Gasteiger partial charge in [0.05, 0.1) is 0 Å². The second kappa shape index (κ2) is 7.82. The first-order chi connectivity index (χ1) is 13.2. The van der Waals surface area contributed by atoms with E-state index in [1.165, 1.54) is 6.42 Å². The number of carbonyl (C=O) groups is 1. The zero-order valence-corrected chi connectivity index (χ0v) is 15.6. The highest BCUT2D eigenvalue weighted by Crippen LogP contribution is 2.33. The molecule has 1 aliphatic carbocycles. The van der Waals surface area contributed by atoms with E-state index in [1.807, 2.05) is 54.3 Å². The van der Waals surface area contributed by atoms with Crippen molar-refractivity contribution in [3.63, 3.8) is 0 Å². The van der Waals surface area contributed by atoms with Gasteiger partial charge in [-0.1, -0.05) is 31.4 Å². The SMILES string of the molecule is C/C(=C\c1ccc2c(c1)OCO2)C(=O)N(c1ccccn1)C1CCCCC1. The molecule has 0 N–H and O–H groups in total. The molecule has 2 aliphatic rings. The molecular weight excluding hydrogens is 340 g/mol. The van der Waals surface area contributed by atoms with Crippen molar-refractivity contribution >= 4 is 17.8 Å². The predicted octanol–water partition coefficient (Wildman–Crippen LogP) is 4.58. The lowest BCUT2D eigenvalue weighted by Crippen LogP contribution is -2.42. The lowest BCUT2D eigenvalue weighted by Gasteiger charge is -2.33. The van der Waals surface area contributed by atoms with Gasteiger partial charge in [-0.05, 0) is 55.7 Å². The molecule has 2 heterocycles. The Morgan fingerprint density at radius 3 is 2.70 bits per heavy atom. The number of fused-ring (bicyclic) bond motifs is 1. The molecule has 0 atom stereocenters. The Morgan fingerprint density at radius 1 is 1.11 bits per heavy atom. The summed E-state index contributed by atoms with van der Waals surface area (Å²) in [7, 11) is 0. The van der Waals surface area contributed by atoms with Crippen molar-refractivity contribution < 1.29 is 14.3 Å². The van der Waals surface area contributed by atoms with E-state index >= 15 is 0 Å². The lowest BCUT2D eigenvalue weighted by molar-refractivity contribution is -0.115. The largest absolute Gasteiger partial charge is 0.454 e. The van der Waals surface area contributed by atoms with Crippen molar-refractivity contribution in [3.8, 4) is 11.5 Å². The van der Waals surface area contributed by atoms with Gasteiger partial charge < -0.3 is 9.47 Å². The molecular formula is C22H24N2O3. The van der Waals surface area contributed by atoms with Crippen LogP contribution in [0.5, 0.6) is 11.5 Å². The fraction of sp³-hybridized carbons (Fsp3) is 0.364. The highest BCUT2D eigenvalue weighted by Gasteiger charge is 2.28. The third kappa shape index (κ3) is 3.82. The molecule has 0 saturated heterocycles. The zero-order valence-electron chi connectivity index (χ0n) is 15.6. The third-order valence-electron chi connectivity index (χ3n) is 5.17. The Bertz CT molecular complexity index is 842. The minimum absolute atomic E-state index is 0.0123. The maximum Gasteiger partial charge on any atom is 0.255 e. The van der Waals surface area contributed by atoms with Crippen LogP contribution < -0.4 is 14.4 Å². The maximum atomic E-state index is 13.3. The summed E-state index contributed by atoms with van der Waals surface area (Å²) >= 11 is 0. The Kier molecular flexibility index (Phi) is 5.10. The van der Waals surface area contributed by atoms with Crippen LogP contribution in [0.25, 0.3) is 6.08 Å². The Hall–Kier alpha value is -2.82. The molecule has 4 rings (SSSR count). The van der Waals surface area contributed by atoms with Gasteiger partial charge in [0, 0.05) is 17.8 Å². The van der Waals surface area contributed by atoms with E-state index in [4.69, 9.17) is 9.47 Å². The number of benzene rings is 1. The van der Waals surface area contributed by atoms with E-state index in [2.05, 4.69) is 4.98 Å². The topological polar surface area (TPSA) is 51.7 Å². The van der Waals surface area contributed by atoms with Crippen LogP contribution in [0, 0.1) is 0 Å². The average Bonchev–Trinajstić information content (AvgIpc) is 3.17. The van der Waals surface area contributed by atoms with E-state index in [1.54, 1.807) is 6.20 Å². The number of rotatable bonds is 4. The van der Waals surface area contributed by atoms with Crippen LogP contribution in [0.15, 0.2) is 48.2 Å². The quantitative estimate of drug-likeness (QED) is 0.745. The molecule has 2 aromatic rings. The highest BCUT2D eigenvalue weighted by atomic mass is 16.7. The molecule has 5 heteroatoms. The van der Waals surface area contributed by atoms with Crippen LogP contribution in [0.1, 0.15) is 44.6 Å². The fourth-order valence-corrected chi connectivity index (χ4v) is 3.80. The van der Waals surface area contributed by atoms with Crippen LogP contribution in [-0.4, -0.2) is 23.7 Å². The molecule has 0 unspecified atom stereocenters. The summed E-state index contributed by atoms with van der Waals surface area (Å²) in [5.41, 5.74) is 1.61. The normalized spacial score (nSPS) is 17.0. The maximum absolute atomic E-state index is 13.3. The van der Waals surface area contributed by atoms with Gasteiger partial charge in [-0.2, -0.15) is 0 Å². The first kappa shape index (κ1) is 17.6. The minimum atomic E-state index is 0.0123. The molecule has 1 aromatic carbocycles. The van der Waals surface area contributed by atoms with E-state index < -0.39 is 0 Å². The number of ether oxygens (including phenoxy) is 2. The van der Waals surface area contributed by atoms with Gasteiger partial charge in [-0.3, -0.25) is 9.69 Å². The van der Waals surface area contributed by atoms with Crippen molar-refractivity contribution in [2.24, 2.45) is 0 Å². The molecule has 0 radical (unpaired) electrons. The standard InChI is InChI=1S/C22H24N2O3/c1-16(13-17-10-11-19-20(14-17)27-15-26-19)22(25)24(18-7-3-2-4-8-18)21-9-5-6-12-23-21/h5-6,9-14,18H,2-4,7-8,15H2,1H3/b16-13+. The lowest BCUT2D eigenvalue weighted by atomic mass is 9.93.